The lowest BCUT2D eigenvalue weighted by atomic mass is 10.0. The highest BCUT2D eigenvalue weighted by Crippen LogP contribution is 2.29. The zero-order chi connectivity index (χ0) is 14.3. The van der Waals surface area contributed by atoms with Crippen molar-refractivity contribution in [3.8, 4) is 11.5 Å². The average molecular weight is 286 g/mol. The van der Waals surface area contributed by atoms with Crippen LogP contribution >= 0.6 is 11.6 Å². The number of phenols is 1. The van der Waals surface area contributed by atoms with Crippen LogP contribution in [0.3, 0.4) is 0 Å². The molecule has 0 aliphatic rings. The fourth-order valence-electron chi connectivity index (χ4n) is 1.81. The number of benzene rings is 1. The molecule has 1 amide bonds. The molecule has 1 unspecified atom stereocenters. The Balaban J connectivity index is 2.68. The van der Waals surface area contributed by atoms with Crippen LogP contribution in [0.15, 0.2) is 18.2 Å². The minimum atomic E-state index is -0.301. The highest BCUT2D eigenvalue weighted by atomic mass is 35.5. The van der Waals surface area contributed by atoms with Crippen molar-refractivity contribution in [2.24, 2.45) is 5.92 Å². The first-order chi connectivity index (χ1) is 9.13. The van der Waals surface area contributed by atoms with Crippen LogP contribution in [0.5, 0.6) is 11.5 Å². The Morgan fingerprint density at radius 1 is 1.53 bits per heavy atom. The number of amides is 1. The Kier molecular flexibility index (Phi) is 6.50. The predicted octanol–water partition coefficient (Wildman–Crippen LogP) is 2.79. The van der Waals surface area contributed by atoms with E-state index in [-0.39, 0.29) is 17.2 Å². The molecule has 0 saturated carbocycles. The molecule has 0 fully saturated rings. The van der Waals surface area contributed by atoms with Gasteiger partial charge in [-0.25, -0.2) is 0 Å². The van der Waals surface area contributed by atoms with Crippen LogP contribution in [0, 0.1) is 5.92 Å². The number of hydrogen-bond acceptors (Lipinski definition) is 3. The second-order valence-electron chi connectivity index (χ2n) is 4.32. The summed E-state index contributed by atoms with van der Waals surface area (Å²) in [5.41, 5.74) is 0.222. The van der Waals surface area contributed by atoms with Gasteiger partial charge < -0.3 is 15.2 Å². The van der Waals surface area contributed by atoms with E-state index in [4.69, 9.17) is 16.3 Å². The van der Waals surface area contributed by atoms with Crippen molar-refractivity contribution in [3.05, 3.63) is 23.8 Å². The maximum atomic E-state index is 12.0. The fraction of sp³-hybridized carbons (Fsp3) is 0.500. The van der Waals surface area contributed by atoms with Gasteiger partial charge >= 0.3 is 0 Å². The first-order valence-corrected chi connectivity index (χ1v) is 6.87. The van der Waals surface area contributed by atoms with Crippen molar-refractivity contribution >= 4 is 17.5 Å². The van der Waals surface area contributed by atoms with Gasteiger partial charge in [-0.2, -0.15) is 0 Å². The number of carbonyl (C=O) groups excluding carboxylic acids is 1. The van der Waals surface area contributed by atoms with Crippen molar-refractivity contribution < 1.29 is 14.6 Å². The highest BCUT2D eigenvalue weighted by molar-refractivity contribution is 6.17. The molecule has 0 aliphatic heterocycles. The number of ether oxygens (including phenoxy) is 1. The quantitative estimate of drug-likeness (QED) is 0.758. The summed E-state index contributed by atoms with van der Waals surface area (Å²) in [7, 11) is 1.45. The number of aromatic hydroxyl groups is 1. The number of nitrogens with one attached hydrogen (secondary N) is 1. The van der Waals surface area contributed by atoms with E-state index in [2.05, 4.69) is 12.2 Å². The van der Waals surface area contributed by atoms with E-state index >= 15 is 0 Å². The molecule has 1 rings (SSSR count). The molecule has 0 bridgehead atoms. The van der Waals surface area contributed by atoms with Gasteiger partial charge in [0.1, 0.15) is 0 Å². The normalized spacial score (nSPS) is 11.9. The molecule has 106 valence electrons. The number of rotatable bonds is 7. The van der Waals surface area contributed by atoms with Crippen LogP contribution in [0.2, 0.25) is 0 Å². The lowest BCUT2D eigenvalue weighted by Gasteiger charge is -2.15. The van der Waals surface area contributed by atoms with Gasteiger partial charge in [0.25, 0.3) is 5.91 Å². The van der Waals surface area contributed by atoms with Crippen molar-refractivity contribution in [2.45, 2.75) is 19.8 Å². The van der Waals surface area contributed by atoms with E-state index < -0.39 is 0 Å². The first-order valence-electron chi connectivity index (χ1n) is 6.34. The van der Waals surface area contributed by atoms with Gasteiger partial charge in [0.15, 0.2) is 11.5 Å². The van der Waals surface area contributed by atoms with E-state index in [0.29, 0.717) is 24.1 Å². The Hall–Kier alpha value is -1.42. The Morgan fingerprint density at radius 2 is 2.26 bits per heavy atom. The molecule has 0 aliphatic carbocycles. The fourth-order valence-corrected chi connectivity index (χ4v) is 2.12. The second kappa shape index (κ2) is 7.89. The summed E-state index contributed by atoms with van der Waals surface area (Å²) in [6.07, 6.45) is 1.82. The molecule has 0 radical (unpaired) electrons. The second-order valence-corrected chi connectivity index (χ2v) is 4.70. The maximum absolute atomic E-state index is 12.0. The van der Waals surface area contributed by atoms with E-state index in [1.807, 2.05) is 0 Å². The molecule has 0 spiro atoms. The number of alkyl halides is 1. The van der Waals surface area contributed by atoms with Crippen LogP contribution in [-0.4, -0.2) is 30.5 Å². The van der Waals surface area contributed by atoms with Crippen LogP contribution in [0.25, 0.3) is 0 Å². The van der Waals surface area contributed by atoms with Crippen molar-refractivity contribution in [2.75, 3.05) is 19.5 Å². The monoisotopic (exact) mass is 285 g/mol. The van der Waals surface area contributed by atoms with Gasteiger partial charge in [0.2, 0.25) is 0 Å². The van der Waals surface area contributed by atoms with Gasteiger partial charge in [-0.05, 0) is 24.5 Å². The Morgan fingerprint density at radius 3 is 2.84 bits per heavy atom. The lowest BCUT2D eigenvalue weighted by Crippen LogP contribution is -2.29. The molecule has 1 atom stereocenters. The molecule has 19 heavy (non-hydrogen) atoms. The Bertz CT molecular complexity index is 423. The van der Waals surface area contributed by atoms with Gasteiger partial charge in [-0.1, -0.05) is 19.4 Å². The smallest absolute Gasteiger partial charge is 0.255 e. The molecule has 1 aromatic rings. The van der Waals surface area contributed by atoms with Crippen molar-refractivity contribution in [3.63, 3.8) is 0 Å². The van der Waals surface area contributed by atoms with Crippen LogP contribution in [0.4, 0.5) is 0 Å². The van der Waals surface area contributed by atoms with Crippen molar-refractivity contribution in [1.82, 2.24) is 5.32 Å². The summed E-state index contributed by atoms with van der Waals surface area (Å²) in [4.78, 5) is 12.0. The molecule has 5 heteroatoms. The summed E-state index contributed by atoms with van der Waals surface area (Å²) in [6, 6.07) is 4.84. The molecule has 4 nitrogen and oxygen atoms in total. The van der Waals surface area contributed by atoms with E-state index in [1.165, 1.54) is 7.11 Å². The zero-order valence-electron chi connectivity index (χ0n) is 11.3. The van der Waals surface area contributed by atoms with Crippen LogP contribution in [-0.2, 0) is 0 Å². The minimum absolute atomic E-state index is 0.132. The molecular weight excluding hydrogens is 266 g/mol. The lowest BCUT2D eigenvalue weighted by molar-refractivity contribution is 0.0943. The van der Waals surface area contributed by atoms with Gasteiger partial charge in [-0.15, -0.1) is 11.6 Å². The average Bonchev–Trinajstić information content (AvgIpc) is 2.43. The summed E-state index contributed by atoms with van der Waals surface area (Å²) in [5, 5.41) is 12.7. The van der Waals surface area contributed by atoms with Crippen LogP contribution < -0.4 is 10.1 Å². The largest absolute Gasteiger partial charge is 0.504 e. The number of hydrogen-bond donors (Lipinski definition) is 2. The van der Waals surface area contributed by atoms with Crippen molar-refractivity contribution in [1.29, 1.82) is 0 Å². The molecule has 1 aromatic carbocycles. The molecule has 0 aromatic heterocycles. The summed E-state index contributed by atoms with van der Waals surface area (Å²) in [6.45, 7) is 2.62. The SMILES string of the molecule is CCC(CCCl)CNC(=O)c1cccc(OC)c1O. The number of para-hydroxylation sites is 1. The Labute approximate surface area is 118 Å². The maximum Gasteiger partial charge on any atom is 0.255 e. The number of carbonyl (C=O) groups is 1. The van der Waals surface area contributed by atoms with Gasteiger partial charge in [0, 0.05) is 12.4 Å². The third kappa shape index (κ3) is 4.31. The van der Waals surface area contributed by atoms with Crippen LogP contribution in [0.1, 0.15) is 30.1 Å². The van der Waals surface area contributed by atoms with E-state index in [0.717, 1.165) is 12.8 Å². The molecule has 0 saturated heterocycles. The minimum Gasteiger partial charge on any atom is -0.504 e. The standard InChI is InChI=1S/C14H20ClNO3/c1-3-10(7-8-15)9-16-14(18)11-5-4-6-12(19-2)13(11)17/h4-6,10,17H,3,7-9H2,1-2H3,(H,16,18). The highest BCUT2D eigenvalue weighted by Gasteiger charge is 2.15. The van der Waals surface area contributed by atoms with E-state index in [1.54, 1.807) is 18.2 Å². The third-order valence-corrected chi connectivity index (χ3v) is 3.33. The summed E-state index contributed by atoms with van der Waals surface area (Å²) in [5.74, 6) is 0.797. The molecule has 0 heterocycles. The number of halogens is 1. The van der Waals surface area contributed by atoms with Gasteiger partial charge in [0.05, 0.1) is 12.7 Å². The third-order valence-electron chi connectivity index (χ3n) is 3.11. The molecular formula is C14H20ClNO3. The molecule has 2 N–H and O–H groups in total. The first kappa shape index (κ1) is 15.6. The summed E-state index contributed by atoms with van der Waals surface area (Å²) < 4.78 is 4.97. The number of methoxy groups -OCH3 is 1. The predicted molar refractivity (Wildman–Crippen MR) is 76.1 cm³/mol. The number of phenolic OH excluding ortho intramolecular Hbond substituents is 1. The van der Waals surface area contributed by atoms with Gasteiger partial charge in [-0.3, -0.25) is 4.79 Å². The topological polar surface area (TPSA) is 58.6 Å². The zero-order valence-corrected chi connectivity index (χ0v) is 12.0. The van der Waals surface area contributed by atoms with E-state index in [9.17, 15) is 9.90 Å². The summed E-state index contributed by atoms with van der Waals surface area (Å²) >= 11 is 5.70.